The van der Waals surface area contributed by atoms with Gasteiger partial charge in [-0.25, -0.2) is 4.39 Å². The highest BCUT2D eigenvalue weighted by Gasteiger charge is 2.09. The van der Waals surface area contributed by atoms with Crippen LogP contribution in [0.4, 0.5) is 4.39 Å². The lowest BCUT2D eigenvalue weighted by atomic mass is 10.1. The molecule has 0 aliphatic heterocycles. The highest BCUT2D eigenvalue weighted by molar-refractivity contribution is 5.79. The highest BCUT2D eigenvalue weighted by Crippen LogP contribution is 2.19. The third-order valence-electron chi connectivity index (χ3n) is 3.25. The molecule has 2 aromatic carbocycles. The van der Waals surface area contributed by atoms with Crippen LogP contribution in [0.3, 0.4) is 0 Å². The van der Waals surface area contributed by atoms with E-state index >= 15 is 0 Å². The Morgan fingerprint density at radius 1 is 1.09 bits per heavy atom. The Balaban J connectivity index is 1.94. The van der Waals surface area contributed by atoms with E-state index in [0.717, 1.165) is 5.56 Å². The molecule has 5 heteroatoms. The summed E-state index contributed by atoms with van der Waals surface area (Å²) in [6.45, 7) is 0.259. The molecule has 0 saturated carbocycles. The Bertz CT molecular complexity index is 658. The number of nitrogens with one attached hydrogen (secondary N) is 1. The molecule has 0 aliphatic rings. The molecule has 0 heterocycles. The predicted octanol–water partition coefficient (Wildman–Crippen LogP) is 2.70. The minimum atomic E-state index is -0.445. The average Bonchev–Trinajstić information content (AvgIpc) is 2.53. The second-order valence-corrected chi connectivity index (χ2v) is 4.73. The van der Waals surface area contributed by atoms with Crippen molar-refractivity contribution in [1.82, 2.24) is 5.32 Å². The van der Waals surface area contributed by atoms with Crippen molar-refractivity contribution in [2.75, 3.05) is 14.2 Å². The molecule has 0 aromatic heterocycles. The fourth-order valence-electron chi connectivity index (χ4n) is 2.10. The fraction of sp³-hybridized carbons (Fsp3) is 0.235. The maximum Gasteiger partial charge on any atom is 0.224 e. The van der Waals surface area contributed by atoms with Gasteiger partial charge in [0.25, 0.3) is 0 Å². The quantitative estimate of drug-likeness (QED) is 0.892. The number of carbonyl (C=O) groups is 1. The maximum atomic E-state index is 13.6. The SMILES string of the molecule is COc1ccc(CNC(=O)Cc2ccccc2OC)cc1F. The first-order valence-corrected chi connectivity index (χ1v) is 6.85. The zero-order valence-electron chi connectivity index (χ0n) is 12.6. The molecule has 0 radical (unpaired) electrons. The lowest BCUT2D eigenvalue weighted by molar-refractivity contribution is -0.120. The van der Waals surface area contributed by atoms with Crippen LogP contribution in [0.15, 0.2) is 42.5 Å². The monoisotopic (exact) mass is 303 g/mol. The summed E-state index contributed by atoms with van der Waals surface area (Å²) < 4.78 is 23.6. The minimum Gasteiger partial charge on any atom is -0.496 e. The molecule has 116 valence electrons. The van der Waals surface area contributed by atoms with Crippen LogP contribution in [0.1, 0.15) is 11.1 Å². The molecule has 0 fully saturated rings. The Labute approximate surface area is 128 Å². The van der Waals surface area contributed by atoms with Crippen LogP contribution in [0, 0.1) is 5.82 Å². The summed E-state index contributed by atoms with van der Waals surface area (Å²) in [5.41, 5.74) is 1.48. The van der Waals surface area contributed by atoms with Crippen molar-refractivity contribution in [3.63, 3.8) is 0 Å². The van der Waals surface area contributed by atoms with E-state index in [4.69, 9.17) is 9.47 Å². The smallest absolute Gasteiger partial charge is 0.224 e. The molecular formula is C17H18FNO3. The van der Waals surface area contributed by atoms with E-state index in [1.807, 2.05) is 24.3 Å². The fourth-order valence-corrected chi connectivity index (χ4v) is 2.10. The van der Waals surface area contributed by atoms with Crippen LogP contribution in [0.2, 0.25) is 0 Å². The molecule has 0 atom stereocenters. The number of ether oxygens (including phenoxy) is 2. The Hall–Kier alpha value is -2.56. The van der Waals surface area contributed by atoms with Crippen LogP contribution < -0.4 is 14.8 Å². The molecule has 2 aromatic rings. The van der Waals surface area contributed by atoms with Gasteiger partial charge in [-0.15, -0.1) is 0 Å². The molecular weight excluding hydrogens is 285 g/mol. The summed E-state index contributed by atoms with van der Waals surface area (Å²) in [4.78, 5) is 12.0. The Kier molecular flexibility index (Phi) is 5.36. The van der Waals surface area contributed by atoms with Crippen LogP contribution in [0.25, 0.3) is 0 Å². The normalized spacial score (nSPS) is 10.1. The van der Waals surface area contributed by atoms with Gasteiger partial charge in [0.2, 0.25) is 5.91 Å². The second-order valence-electron chi connectivity index (χ2n) is 4.73. The number of methoxy groups -OCH3 is 2. The summed E-state index contributed by atoms with van der Waals surface area (Å²) in [5, 5.41) is 2.76. The number of benzene rings is 2. The van der Waals surface area contributed by atoms with Gasteiger partial charge >= 0.3 is 0 Å². The first kappa shape index (κ1) is 15.8. The van der Waals surface area contributed by atoms with Gasteiger partial charge in [-0.05, 0) is 23.8 Å². The van der Waals surface area contributed by atoms with Crippen molar-refractivity contribution in [2.45, 2.75) is 13.0 Å². The Morgan fingerprint density at radius 3 is 2.50 bits per heavy atom. The standard InChI is InChI=1S/C17H18FNO3/c1-21-15-6-4-3-5-13(15)10-17(20)19-11-12-7-8-16(22-2)14(18)9-12/h3-9H,10-11H2,1-2H3,(H,19,20). The van der Waals surface area contributed by atoms with Crippen LogP contribution in [-0.2, 0) is 17.8 Å². The van der Waals surface area contributed by atoms with E-state index < -0.39 is 5.82 Å². The molecule has 22 heavy (non-hydrogen) atoms. The largest absolute Gasteiger partial charge is 0.496 e. The molecule has 0 saturated heterocycles. The summed E-state index contributed by atoms with van der Waals surface area (Å²) in [7, 11) is 2.98. The average molecular weight is 303 g/mol. The molecule has 1 amide bonds. The lowest BCUT2D eigenvalue weighted by Gasteiger charge is -2.09. The van der Waals surface area contributed by atoms with E-state index in [9.17, 15) is 9.18 Å². The lowest BCUT2D eigenvalue weighted by Crippen LogP contribution is -2.24. The van der Waals surface area contributed by atoms with Crippen molar-refractivity contribution in [3.05, 3.63) is 59.4 Å². The van der Waals surface area contributed by atoms with Gasteiger partial charge in [0.1, 0.15) is 5.75 Å². The van der Waals surface area contributed by atoms with Crippen molar-refractivity contribution in [1.29, 1.82) is 0 Å². The van der Waals surface area contributed by atoms with E-state index in [0.29, 0.717) is 11.3 Å². The van der Waals surface area contributed by atoms with Crippen molar-refractivity contribution in [3.8, 4) is 11.5 Å². The number of hydrogen-bond donors (Lipinski definition) is 1. The van der Waals surface area contributed by atoms with E-state index in [1.165, 1.54) is 19.2 Å². The van der Waals surface area contributed by atoms with Crippen LogP contribution in [0.5, 0.6) is 11.5 Å². The molecule has 0 bridgehead atoms. The maximum absolute atomic E-state index is 13.6. The van der Waals surface area contributed by atoms with Gasteiger partial charge < -0.3 is 14.8 Å². The highest BCUT2D eigenvalue weighted by atomic mass is 19.1. The van der Waals surface area contributed by atoms with Gasteiger partial charge in [-0.2, -0.15) is 0 Å². The molecule has 0 spiro atoms. The van der Waals surface area contributed by atoms with Crippen molar-refractivity contribution < 1.29 is 18.7 Å². The van der Waals surface area contributed by atoms with Gasteiger partial charge in [0.15, 0.2) is 11.6 Å². The zero-order chi connectivity index (χ0) is 15.9. The third-order valence-corrected chi connectivity index (χ3v) is 3.25. The molecule has 4 nitrogen and oxygen atoms in total. The molecule has 0 aliphatic carbocycles. The number of amides is 1. The van der Waals surface area contributed by atoms with Gasteiger partial charge in [-0.1, -0.05) is 24.3 Å². The van der Waals surface area contributed by atoms with Gasteiger partial charge in [0.05, 0.1) is 20.6 Å². The number of halogens is 1. The minimum absolute atomic E-state index is 0.152. The number of rotatable bonds is 6. The van der Waals surface area contributed by atoms with Gasteiger partial charge in [0, 0.05) is 12.1 Å². The summed E-state index contributed by atoms with van der Waals surface area (Å²) >= 11 is 0. The molecule has 1 N–H and O–H groups in total. The summed E-state index contributed by atoms with van der Waals surface area (Å²) in [6, 6.07) is 11.9. The number of carbonyl (C=O) groups excluding carboxylic acids is 1. The summed E-state index contributed by atoms with van der Waals surface area (Å²) in [6.07, 6.45) is 0.211. The number of hydrogen-bond acceptors (Lipinski definition) is 3. The van der Waals surface area contributed by atoms with E-state index in [-0.39, 0.29) is 24.6 Å². The first-order valence-electron chi connectivity index (χ1n) is 6.85. The van der Waals surface area contributed by atoms with Crippen molar-refractivity contribution in [2.24, 2.45) is 0 Å². The van der Waals surface area contributed by atoms with E-state index in [2.05, 4.69) is 5.32 Å². The summed E-state index contributed by atoms with van der Waals surface area (Å²) in [5.74, 6) is 0.261. The zero-order valence-corrected chi connectivity index (χ0v) is 12.6. The number of para-hydroxylation sites is 1. The van der Waals surface area contributed by atoms with Crippen LogP contribution in [-0.4, -0.2) is 20.1 Å². The predicted molar refractivity (Wildman–Crippen MR) is 81.5 cm³/mol. The topological polar surface area (TPSA) is 47.6 Å². The third kappa shape index (κ3) is 3.97. The molecule has 2 rings (SSSR count). The Morgan fingerprint density at radius 2 is 1.82 bits per heavy atom. The molecule has 0 unspecified atom stereocenters. The van der Waals surface area contributed by atoms with Gasteiger partial charge in [-0.3, -0.25) is 4.79 Å². The van der Waals surface area contributed by atoms with Crippen molar-refractivity contribution >= 4 is 5.91 Å². The second kappa shape index (κ2) is 7.45. The first-order chi connectivity index (χ1) is 10.6. The van der Waals surface area contributed by atoms with Crippen LogP contribution >= 0.6 is 0 Å². The van der Waals surface area contributed by atoms with E-state index in [1.54, 1.807) is 13.2 Å².